The summed E-state index contributed by atoms with van der Waals surface area (Å²) in [4.78, 5) is 4.14. The molecule has 2 unspecified atom stereocenters. The zero-order valence-electron chi connectivity index (χ0n) is 13.1. The second-order valence-electron chi connectivity index (χ2n) is 6.40. The van der Waals surface area contributed by atoms with Gasteiger partial charge in [-0.05, 0) is 50.1 Å². The van der Waals surface area contributed by atoms with Crippen molar-refractivity contribution in [3.63, 3.8) is 0 Å². The van der Waals surface area contributed by atoms with Crippen LogP contribution in [-0.2, 0) is 11.3 Å². The quantitative estimate of drug-likeness (QED) is 0.709. The van der Waals surface area contributed by atoms with Gasteiger partial charge >= 0.3 is 0 Å². The molecule has 1 saturated carbocycles. The molecule has 0 spiro atoms. The van der Waals surface area contributed by atoms with E-state index in [0.717, 1.165) is 32.2 Å². The van der Waals surface area contributed by atoms with Crippen molar-refractivity contribution in [1.82, 2.24) is 10.2 Å². The minimum Gasteiger partial charge on any atom is -0.372 e. The maximum atomic E-state index is 6.23. The van der Waals surface area contributed by atoms with Gasteiger partial charge in [0.15, 0.2) is 0 Å². The fraction of sp³-hybridized carbons (Fsp3) is 0.765. The van der Waals surface area contributed by atoms with Crippen LogP contribution in [0.4, 0.5) is 0 Å². The van der Waals surface area contributed by atoms with E-state index in [4.69, 9.17) is 4.74 Å². The molecule has 3 nitrogen and oxygen atoms in total. The fourth-order valence-electron chi connectivity index (χ4n) is 3.15. The molecule has 1 aromatic heterocycles. The Bertz CT molecular complexity index is 405. The van der Waals surface area contributed by atoms with Crippen LogP contribution in [0.25, 0.3) is 0 Å². The Balaban J connectivity index is 1.44. The maximum absolute atomic E-state index is 6.23. The zero-order chi connectivity index (χ0) is 14.5. The van der Waals surface area contributed by atoms with E-state index in [2.05, 4.69) is 34.7 Å². The standard InChI is InChI=1S/C17H28N2OS/c1-2-9-18-11-15-7-8-16(20-15)12-19(14-5-6-14)13-17-4-3-10-21-17/h3-4,10,14-16,18H,2,5-9,11-13H2,1H3. The molecule has 0 bridgehead atoms. The lowest BCUT2D eigenvalue weighted by Gasteiger charge is -2.25. The van der Waals surface area contributed by atoms with E-state index in [1.165, 1.54) is 37.0 Å². The molecule has 21 heavy (non-hydrogen) atoms. The molecule has 0 amide bonds. The van der Waals surface area contributed by atoms with Crippen LogP contribution in [0.15, 0.2) is 17.5 Å². The van der Waals surface area contributed by atoms with Crippen molar-refractivity contribution >= 4 is 11.3 Å². The normalized spacial score (nSPS) is 25.8. The largest absolute Gasteiger partial charge is 0.372 e. The molecule has 2 fully saturated rings. The van der Waals surface area contributed by atoms with Gasteiger partial charge in [0, 0.05) is 30.6 Å². The predicted molar refractivity (Wildman–Crippen MR) is 88.8 cm³/mol. The maximum Gasteiger partial charge on any atom is 0.0707 e. The first-order valence-corrected chi connectivity index (χ1v) is 9.35. The zero-order valence-corrected chi connectivity index (χ0v) is 13.9. The number of nitrogens with one attached hydrogen (secondary N) is 1. The Morgan fingerprint density at radius 1 is 1.29 bits per heavy atom. The summed E-state index contributed by atoms with van der Waals surface area (Å²) >= 11 is 1.88. The van der Waals surface area contributed by atoms with Crippen molar-refractivity contribution in [3.05, 3.63) is 22.4 Å². The van der Waals surface area contributed by atoms with Crippen molar-refractivity contribution < 1.29 is 4.74 Å². The molecule has 0 radical (unpaired) electrons. The van der Waals surface area contributed by atoms with Crippen molar-refractivity contribution in [2.24, 2.45) is 0 Å². The van der Waals surface area contributed by atoms with Crippen molar-refractivity contribution in [2.75, 3.05) is 19.6 Å². The highest BCUT2D eigenvalue weighted by molar-refractivity contribution is 7.09. The third-order valence-corrected chi connectivity index (χ3v) is 5.30. The van der Waals surface area contributed by atoms with Crippen LogP contribution in [0.5, 0.6) is 0 Å². The molecular weight excluding hydrogens is 280 g/mol. The molecule has 118 valence electrons. The second kappa shape index (κ2) is 7.73. The average molecular weight is 308 g/mol. The summed E-state index contributed by atoms with van der Waals surface area (Å²) in [5.74, 6) is 0. The number of rotatable bonds is 9. The smallest absolute Gasteiger partial charge is 0.0707 e. The summed E-state index contributed by atoms with van der Waals surface area (Å²) in [7, 11) is 0. The lowest BCUT2D eigenvalue weighted by atomic mass is 10.2. The Kier molecular flexibility index (Phi) is 5.69. The molecule has 4 heteroatoms. The van der Waals surface area contributed by atoms with E-state index in [9.17, 15) is 0 Å². The van der Waals surface area contributed by atoms with E-state index >= 15 is 0 Å². The minimum atomic E-state index is 0.435. The van der Waals surface area contributed by atoms with Gasteiger partial charge in [-0.25, -0.2) is 0 Å². The van der Waals surface area contributed by atoms with Gasteiger partial charge in [0.05, 0.1) is 12.2 Å². The summed E-state index contributed by atoms with van der Waals surface area (Å²) in [5.41, 5.74) is 0. The van der Waals surface area contributed by atoms with Gasteiger partial charge in [-0.3, -0.25) is 4.90 Å². The third kappa shape index (κ3) is 4.78. The number of hydrogen-bond donors (Lipinski definition) is 1. The van der Waals surface area contributed by atoms with Crippen molar-refractivity contribution in [1.29, 1.82) is 0 Å². The molecule has 1 aliphatic heterocycles. The van der Waals surface area contributed by atoms with Gasteiger partial charge in [0.2, 0.25) is 0 Å². The third-order valence-electron chi connectivity index (χ3n) is 4.43. The Morgan fingerprint density at radius 3 is 2.86 bits per heavy atom. The number of hydrogen-bond acceptors (Lipinski definition) is 4. The first-order chi connectivity index (χ1) is 10.3. The highest BCUT2D eigenvalue weighted by atomic mass is 32.1. The number of ether oxygens (including phenoxy) is 1. The fourth-order valence-corrected chi connectivity index (χ4v) is 3.88. The van der Waals surface area contributed by atoms with E-state index in [1.54, 1.807) is 0 Å². The van der Waals surface area contributed by atoms with Crippen LogP contribution >= 0.6 is 11.3 Å². The van der Waals surface area contributed by atoms with E-state index in [-0.39, 0.29) is 0 Å². The van der Waals surface area contributed by atoms with Gasteiger partial charge in [-0.2, -0.15) is 0 Å². The Morgan fingerprint density at radius 2 is 2.14 bits per heavy atom. The Labute approximate surface area is 132 Å². The first kappa shape index (κ1) is 15.5. The molecule has 2 heterocycles. The molecule has 2 aliphatic rings. The van der Waals surface area contributed by atoms with Gasteiger partial charge in [-0.1, -0.05) is 13.0 Å². The summed E-state index contributed by atoms with van der Waals surface area (Å²) in [5, 5.41) is 5.67. The first-order valence-electron chi connectivity index (χ1n) is 8.47. The predicted octanol–water partition coefficient (Wildman–Crippen LogP) is 3.26. The molecule has 1 N–H and O–H groups in total. The van der Waals surface area contributed by atoms with E-state index < -0.39 is 0 Å². The van der Waals surface area contributed by atoms with Gasteiger partial charge in [0.1, 0.15) is 0 Å². The lowest BCUT2D eigenvalue weighted by Crippen LogP contribution is -2.35. The second-order valence-corrected chi connectivity index (χ2v) is 7.43. The molecular formula is C17H28N2OS. The van der Waals surface area contributed by atoms with Crippen molar-refractivity contribution in [2.45, 2.75) is 63.8 Å². The van der Waals surface area contributed by atoms with Crippen molar-refractivity contribution in [3.8, 4) is 0 Å². The lowest BCUT2D eigenvalue weighted by molar-refractivity contribution is 0.0203. The van der Waals surface area contributed by atoms with Gasteiger partial charge in [-0.15, -0.1) is 11.3 Å². The molecule has 1 aromatic rings. The summed E-state index contributed by atoms with van der Waals surface area (Å²) < 4.78 is 6.23. The summed E-state index contributed by atoms with van der Waals surface area (Å²) in [6.07, 6.45) is 7.28. The molecule has 2 atom stereocenters. The Hall–Kier alpha value is -0.420. The minimum absolute atomic E-state index is 0.435. The highest BCUT2D eigenvalue weighted by Gasteiger charge is 2.33. The molecule has 0 aromatic carbocycles. The topological polar surface area (TPSA) is 24.5 Å². The summed E-state index contributed by atoms with van der Waals surface area (Å²) in [6, 6.07) is 5.23. The van der Waals surface area contributed by atoms with Crippen LogP contribution in [0.1, 0.15) is 43.9 Å². The summed E-state index contributed by atoms with van der Waals surface area (Å²) in [6.45, 7) is 6.58. The molecule has 1 aliphatic carbocycles. The van der Waals surface area contributed by atoms with Crippen LogP contribution in [0.2, 0.25) is 0 Å². The van der Waals surface area contributed by atoms with Crippen LogP contribution < -0.4 is 5.32 Å². The van der Waals surface area contributed by atoms with Gasteiger partial charge in [0.25, 0.3) is 0 Å². The van der Waals surface area contributed by atoms with Crippen LogP contribution in [-0.4, -0.2) is 42.8 Å². The number of nitrogens with zero attached hydrogens (tertiary/aromatic N) is 1. The van der Waals surface area contributed by atoms with E-state index in [0.29, 0.717) is 12.2 Å². The number of thiophene rings is 1. The van der Waals surface area contributed by atoms with Gasteiger partial charge < -0.3 is 10.1 Å². The SMILES string of the molecule is CCCNCC1CCC(CN(Cc2cccs2)C2CC2)O1. The molecule has 3 rings (SSSR count). The van der Waals surface area contributed by atoms with Crippen LogP contribution in [0.3, 0.4) is 0 Å². The van der Waals surface area contributed by atoms with E-state index in [1.807, 2.05) is 11.3 Å². The average Bonchev–Trinajstić information content (AvgIpc) is 3.03. The van der Waals surface area contributed by atoms with Crippen LogP contribution in [0, 0.1) is 0 Å². The molecule has 1 saturated heterocycles. The monoisotopic (exact) mass is 308 g/mol. The highest BCUT2D eigenvalue weighted by Crippen LogP contribution is 2.31.